The number of nitrogens with zero attached hydrogens (tertiary/aromatic N) is 3. The van der Waals surface area contributed by atoms with Crippen LogP contribution < -0.4 is 15.4 Å². The average Bonchev–Trinajstić information content (AvgIpc) is 3.41. The van der Waals surface area contributed by atoms with Crippen LogP contribution in [-0.4, -0.2) is 41.7 Å². The fourth-order valence-corrected chi connectivity index (χ4v) is 4.36. The number of guanidine groups is 1. The van der Waals surface area contributed by atoms with Gasteiger partial charge in [-0.15, -0.1) is 35.3 Å². The summed E-state index contributed by atoms with van der Waals surface area (Å²) in [5.74, 6) is 0.999. The van der Waals surface area contributed by atoms with Crippen molar-refractivity contribution in [3.63, 3.8) is 0 Å². The predicted octanol–water partition coefficient (Wildman–Crippen LogP) is 4.39. The van der Waals surface area contributed by atoms with Crippen molar-refractivity contribution in [2.45, 2.75) is 65.1 Å². The summed E-state index contributed by atoms with van der Waals surface area (Å²) in [4.78, 5) is 25.8. The van der Waals surface area contributed by atoms with E-state index in [1.807, 2.05) is 32.2 Å². The first-order chi connectivity index (χ1) is 15.0. The van der Waals surface area contributed by atoms with Gasteiger partial charge in [0.1, 0.15) is 16.0 Å². The number of nitrogens with one attached hydrogen (secondary N) is 2. The van der Waals surface area contributed by atoms with E-state index in [-0.39, 0.29) is 36.0 Å². The molecule has 1 unspecified atom stereocenters. The molecular formula is C22H32IN5O3S. The number of aromatic nitrogens is 2. The smallest absolute Gasteiger partial charge is 0.350 e. The van der Waals surface area contributed by atoms with Gasteiger partial charge in [0.15, 0.2) is 5.96 Å². The minimum Gasteiger partial charge on any atom is -0.474 e. The minimum atomic E-state index is -0.327. The van der Waals surface area contributed by atoms with Crippen LogP contribution in [-0.2, 0) is 11.3 Å². The van der Waals surface area contributed by atoms with E-state index in [1.54, 1.807) is 14.0 Å². The Labute approximate surface area is 210 Å². The Bertz CT molecular complexity index is 897. The second-order valence-electron chi connectivity index (χ2n) is 7.51. The van der Waals surface area contributed by atoms with Crippen molar-refractivity contribution in [3.05, 3.63) is 39.5 Å². The molecule has 2 aromatic heterocycles. The first kappa shape index (κ1) is 26.3. The number of aryl methyl sites for hydroxylation is 1. The molecule has 0 spiro atoms. The minimum absolute atomic E-state index is 0. The normalized spacial score (nSPS) is 15.1. The number of carbonyl (C=O) groups is 1. The van der Waals surface area contributed by atoms with Crippen LogP contribution in [0.4, 0.5) is 0 Å². The SMILES string of the molecule is CCOC(=O)c1sc(C(C)NC(=NC)NCc2ccc(OC3CCCC3)nc2)nc1C.I. The van der Waals surface area contributed by atoms with E-state index in [0.29, 0.717) is 41.7 Å². The molecule has 2 heterocycles. The third-order valence-electron chi connectivity index (χ3n) is 5.07. The number of ether oxygens (including phenoxy) is 2. The summed E-state index contributed by atoms with van der Waals surface area (Å²) >= 11 is 1.34. The van der Waals surface area contributed by atoms with Crippen LogP contribution in [0.1, 0.15) is 71.5 Å². The zero-order valence-electron chi connectivity index (χ0n) is 19.0. The summed E-state index contributed by atoms with van der Waals surface area (Å²) in [6.45, 7) is 6.52. The van der Waals surface area contributed by atoms with Gasteiger partial charge in [0.25, 0.3) is 0 Å². The maximum atomic E-state index is 12.0. The fraction of sp³-hybridized carbons (Fsp3) is 0.545. The maximum absolute atomic E-state index is 12.0. The zero-order chi connectivity index (χ0) is 22.2. The van der Waals surface area contributed by atoms with Crippen LogP contribution in [0.25, 0.3) is 0 Å². The number of aliphatic imine (C=N–C) groups is 1. The topological polar surface area (TPSA) is 97.7 Å². The molecular weight excluding hydrogens is 541 g/mol. The molecule has 1 fully saturated rings. The van der Waals surface area contributed by atoms with Crippen molar-refractivity contribution < 1.29 is 14.3 Å². The van der Waals surface area contributed by atoms with Gasteiger partial charge in [-0.3, -0.25) is 4.99 Å². The molecule has 1 atom stereocenters. The highest BCUT2D eigenvalue weighted by molar-refractivity contribution is 14.0. The van der Waals surface area contributed by atoms with Crippen LogP contribution in [0.2, 0.25) is 0 Å². The first-order valence-corrected chi connectivity index (χ1v) is 11.5. The number of hydrogen-bond acceptors (Lipinski definition) is 7. The Morgan fingerprint density at radius 3 is 2.72 bits per heavy atom. The van der Waals surface area contributed by atoms with E-state index in [2.05, 4.69) is 25.6 Å². The molecule has 0 bridgehead atoms. The van der Waals surface area contributed by atoms with Gasteiger partial charge < -0.3 is 20.1 Å². The number of thiazole rings is 1. The third-order valence-corrected chi connectivity index (χ3v) is 6.39. The Morgan fingerprint density at radius 1 is 1.34 bits per heavy atom. The van der Waals surface area contributed by atoms with E-state index in [9.17, 15) is 4.79 Å². The largest absolute Gasteiger partial charge is 0.474 e. The summed E-state index contributed by atoms with van der Waals surface area (Å²) in [5.41, 5.74) is 1.71. The lowest BCUT2D eigenvalue weighted by Gasteiger charge is -2.16. The molecule has 176 valence electrons. The van der Waals surface area contributed by atoms with E-state index >= 15 is 0 Å². The molecule has 10 heteroatoms. The zero-order valence-corrected chi connectivity index (χ0v) is 22.2. The Morgan fingerprint density at radius 2 is 2.09 bits per heavy atom. The van der Waals surface area contributed by atoms with Gasteiger partial charge in [-0.25, -0.2) is 14.8 Å². The number of rotatable bonds is 8. The van der Waals surface area contributed by atoms with Gasteiger partial charge in [0.05, 0.1) is 18.3 Å². The van der Waals surface area contributed by atoms with Gasteiger partial charge >= 0.3 is 5.97 Å². The van der Waals surface area contributed by atoms with E-state index in [0.717, 1.165) is 23.4 Å². The molecule has 1 aliphatic rings. The highest BCUT2D eigenvalue weighted by Gasteiger charge is 2.20. The summed E-state index contributed by atoms with van der Waals surface area (Å²) in [6, 6.07) is 3.82. The number of pyridine rings is 1. The summed E-state index contributed by atoms with van der Waals surface area (Å²) in [6.07, 6.45) is 6.84. The van der Waals surface area contributed by atoms with Crippen molar-refractivity contribution in [3.8, 4) is 5.88 Å². The second kappa shape index (κ2) is 12.9. The molecule has 8 nitrogen and oxygen atoms in total. The van der Waals surface area contributed by atoms with Crippen molar-refractivity contribution in [2.75, 3.05) is 13.7 Å². The van der Waals surface area contributed by atoms with Crippen molar-refractivity contribution >= 4 is 47.2 Å². The van der Waals surface area contributed by atoms with E-state index in [4.69, 9.17) is 9.47 Å². The van der Waals surface area contributed by atoms with E-state index in [1.165, 1.54) is 24.2 Å². The van der Waals surface area contributed by atoms with Crippen LogP contribution in [0.5, 0.6) is 5.88 Å². The Hall–Kier alpha value is -1.95. The van der Waals surface area contributed by atoms with Gasteiger partial charge in [0.2, 0.25) is 5.88 Å². The maximum Gasteiger partial charge on any atom is 0.350 e. The molecule has 0 aromatic carbocycles. The Kier molecular flexibility index (Phi) is 10.6. The van der Waals surface area contributed by atoms with Crippen molar-refractivity contribution in [1.29, 1.82) is 0 Å². The lowest BCUT2D eigenvalue weighted by atomic mass is 10.3. The lowest BCUT2D eigenvalue weighted by molar-refractivity contribution is 0.0531. The lowest BCUT2D eigenvalue weighted by Crippen LogP contribution is -2.38. The van der Waals surface area contributed by atoms with Crippen molar-refractivity contribution in [1.82, 2.24) is 20.6 Å². The molecule has 1 saturated carbocycles. The molecule has 0 amide bonds. The van der Waals surface area contributed by atoms with Crippen LogP contribution in [0, 0.1) is 6.92 Å². The van der Waals surface area contributed by atoms with Crippen molar-refractivity contribution in [2.24, 2.45) is 4.99 Å². The van der Waals surface area contributed by atoms with Gasteiger partial charge in [-0.2, -0.15) is 0 Å². The van der Waals surface area contributed by atoms with Crippen LogP contribution >= 0.6 is 35.3 Å². The van der Waals surface area contributed by atoms with Gasteiger partial charge in [0, 0.05) is 25.9 Å². The fourth-order valence-electron chi connectivity index (χ4n) is 3.40. The molecule has 2 aromatic rings. The molecule has 32 heavy (non-hydrogen) atoms. The molecule has 0 saturated heterocycles. The number of halogens is 1. The summed E-state index contributed by atoms with van der Waals surface area (Å²) in [7, 11) is 1.72. The first-order valence-electron chi connectivity index (χ1n) is 10.7. The number of carbonyl (C=O) groups excluding carboxylic acids is 1. The molecule has 0 radical (unpaired) electrons. The average molecular weight is 574 g/mol. The monoisotopic (exact) mass is 573 g/mol. The number of esters is 1. The predicted molar refractivity (Wildman–Crippen MR) is 137 cm³/mol. The second-order valence-corrected chi connectivity index (χ2v) is 8.54. The molecule has 1 aliphatic carbocycles. The third kappa shape index (κ3) is 7.29. The van der Waals surface area contributed by atoms with E-state index < -0.39 is 0 Å². The highest BCUT2D eigenvalue weighted by Crippen LogP contribution is 2.25. The van der Waals surface area contributed by atoms with Gasteiger partial charge in [-0.05, 0) is 52.0 Å². The van der Waals surface area contributed by atoms with Crippen LogP contribution in [0.3, 0.4) is 0 Å². The van der Waals surface area contributed by atoms with Gasteiger partial charge in [-0.1, -0.05) is 6.07 Å². The van der Waals surface area contributed by atoms with Crippen LogP contribution in [0.15, 0.2) is 23.3 Å². The highest BCUT2D eigenvalue weighted by atomic mass is 127. The standard InChI is InChI=1S/C22H31N5O3S.HI/c1-5-29-21(28)19-14(2)26-20(31-19)15(3)27-22(23-4)25-13-16-10-11-18(24-12-16)30-17-8-6-7-9-17;/h10-12,15,17H,5-9,13H2,1-4H3,(H2,23,25,27);1H. The summed E-state index contributed by atoms with van der Waals surface area (Å²) < 4.78 is 11.0. The molecule has 2 N–H and O–H groups in total. The Balaban J connectivity index is 0.00000363. The molecule has 3 rings (SSSR count). The quantitative estimate of drug-likeness (QED) is 0.209. The summed E-state index contributed by atoms with van der Waals surface area (Å²) in [5, 5.41) is 7.40. The number of hydrogen-bond donors (Lipinski definition) is 2. The molecule has 0 aliphatic heterocycles.